The van der Waals surface area contributed by atoms with Crippen LogP contribution in [-0.4, -0.2) is 5.78 Å². The number of rotatable bonds is 0. The van der Waals surface area contributed by atoms with Gasteiger partial charge < -0.3 is 0 Å². The van der Waals surface area contributed by atoms with Gasteiger partial charge in [0.2, 0.25) is 0 Å². The van der Waals surface area contributed by atoms with E-state index in [1.807, 2.05) is 0 Å². The van der Waals surface area contributed by atoms with Gasteiger partial charge in [0.25, 0.3) is 5.78 Å². The summed E-state index contributed by atoms with van der Waals surface area (Å²) < 4.78 is 0. The van der Waals surface area contributed by atoms with Gasteiger partial charge in [0.05, 0.1) is 0 Å². The van der Waals surface area contributed by atoms with E-state index in [9.17, 15) is 4.79 Å². The molecule has 0 atom stereocenters. The molecular formula is C17H8Cl2O. The summed E-state index contributed by atoms with van der Waals surface area (Å²) in [5, 5.41) is 1.26. The van der Waals surface area contributed by atoms with Crippen molar-refractivity contribution in [3.8, 4) is 23.7 Å². The number of ketones is 1. The Labute approximate surface area is 127 Å². The Bertz CT molecular complexity index is 671. The lowest BCUT2D eigenvalue weighted by atomic mass is 10.2. The van der Waals surface area contributed by atoms with Crippen molar-refractivity contribution in [2.75, 3.05) is 0 Å². The molecule has 0 spiro atoms. The minimum absolute atomic E-state index is 0.435. The van der Waals surface area contributed by atoms with Crippen LogP contribution < -0.4 is 0 Å². The first kappa shape index (κ1) is 14.2. The Morgan fingerprint density at radius 3 is 1.40 bits per heavy atom. The molecule has 0 N–H and O–H groups in total. The normalized spacial score (nSPS) is 8.90. The van der Waals surface area contributed by atoms with Crippen LogP contribution in [0.3, 0.4) is 0 Å². The second kappa shape index (κ2) is 6.83. The van der Waals surface area contributed by atoms with Crippen molar-refractivity contribution in [3.05, 3.63) is 69.7 Å². The van der Waals surface area contributed by atoms with Crippen LogP contribution in [0.5, 0.6) is 0 Å². The van der Waals surface area contributed by atoms with Crippen molar-refractivity contribution in [3.63, 3.8) is 0 Å². The predicted octanol–water partition coefficient (Wildman–Crippen LogP) is 3.97. The standard InChI is InChI=1S/C17H8Cl2O/c18-15-7-1-13(2-8-15)5-11-17(20)12-6-14-3-9-16(19)10-4-14/h1-4,7-10H. The average molecular weight is 299 g/mol. The van der Waals surface area contributed by atoms with E-state index < -0.39 is 5.78 Å². The first-order chi connectivity index (χ1) is 9.63. The molecule has 0 saturated carbocycles. The third-order valence-electron chi connectivity index (χ3n) is 2.33. The summed E-state index contributed by atoms with van der Waals surface area (Å²) in [6, 6.07) is 13.9. The topological polar surface area (TPSA) is 17.1 Å². The van der Waals surface area contributed by atoms with Crippen molar-refractivity contribution in [1.82, 2.24) is 0 Å². The lowest BCUT2D eigenvalue weighted by molar-refractivity contribution is -0.108. The predicted molar refractivity (Wildman–Crippen MR) is 81.7 cm³/mol. The Morgan fingerprint density at radius 1 is 0.700 bits per heavy atom. The van der Waals surface area contributed by atoms with E-state index >= 15 is 0 Å². The van der Waals surface area contributed by atoms with Crippen LogP contribution in [0.15, 0.2) is 48.5 Å². The lowest BCUT2D eigenvalue weighted by Gasteiger charge is -1.89. The summed E-state index contributed by atoms with van der Waals surface area (Å²) in [7, 11) is 0. The molecule has 2 aromatic rings. The first-order valence-electron chi connectivity index (χ1n) is 5.72. The molecule has 0 amide bonds. The molecule has 20 heavy (non-hydrogen) atoms. The van der Waals surface area contributed by atoms with E-state index in [4.69, 9.17) is 23.2 Å². The van der Waals surface area contributed by atoms with Gasteiger partial charge in [-0.25, -0.2) is 0 Å². The van der Waals surface area contributed by atoms with Crippen molar-refractivity contribution < 1.29 is 4.79 Å². The smallest absolute Gasteiger partial charge is 0.270 e. The van der Waals surface area contributed by atoms with Crippen LogP contribution in [0, 0.1) is 23.7 Å². The molecule has 3 heteroatoms. The Kier molecular flexibility index (Phi) is 4.85. The van der Waals surface area contributed by atoms with E-state index in [1.54, 1.807) is 48.5 Å². The van der Waals surface area contributed by atoms with Gasteiger partial charge in [-0.15, -0.1) is 0 Å². The summed E-state index contributed by atoms with van der Waals surface area (Å²) in [4.78, 5) is 11.5. The molecule has 96 valence electrons. The minimum Gasteiger partial charge on any atom is -0.270 e. The van der Waals surface area contributed by atoms with Gasteiger partial charge in [-0.3, -0.25) is 4.79 Å². The van der Waals surface area contributed by atoms with Crippen LogP contribution in [0.1, 0.15) is 11.1 Å². The fraction of sp³-hybridized carbons (Fsp3) is 0. The second-order valence-electron chi connectivity index (χ2n) is 3.84. The van der Waals surface area contributed by atoms with Gasteiger partial charge in [0, 0.05) is 21.2 Å². The van der Waals surface area contributed by atoms with Gasteiger partial charge in [0.15, 0.2) is 0 Å². The zero-order valence-electron chi connectivity index (χ0n) is 10.3. The molecule has 0 fully saturated rings. The summed E-state index contributed by atoms with van der Waals surface area (Å²) in [6.07, 6.45) is 0. The van der Waals surface area contributed by atoms with E-state index in [1.165, 1.54) is 0 Å². The molecule has 0 unspecified atom stereocenters. The Balaban J connectivity index is 2.07. The molecule has 0 saturated heterocycles. The van der Waals surface area contributed by atoms with Gasteiger partial charge >= 0.3 is 0 Å². The second-order valence-corrected chi connectivity index (χ2v) is 4.72. The monoisotopic (exact) mass is 298 g/mol. The molecule has 2 aromatic carbocycles. The van der Waals surface area contributed by atoms with Crippen molar-refractivity contribution >= 4 is 29.0 Å². The van der Waals surface area contributed by atoms with Gasteiger partial charge in [0.1, 0.15) is 0 Å². The van der Waals surface area contributed by atoms with Gasteiger partial charge in [-0.1, -0.05) is 35.0 Å². The number of Topliss-reactive ketones (excluding diaryl/α,β-unsaturated/α-hetero) is 1. The Morgan fingerprint density at radius 2 is 1.05 bits per heavy atom. The van der Waals surface area contributed by atoms with Crippen LogP contribution >= 0.6 is 23.2 Å². The van der Waals surface area contributed by atoms with E-state index in [2.05, 4.69) is 23.7 Å². The quantitative estimate of drug-likeness (QED) is 0.673. The summed E-state index contributed by atoms with van der Waals surface area (Å²) in [5.74, 6) is 9.97. The van der Waals surface area contributed by atoms with Crippen LogP contribution in [-0.2, 0) is 4.79 Å². The molecule has 0 bridgehead atoms. The number of carbonyl (C=O) groups excluding carboxylic acids is 1. The SMILES string of the molecule is O=C(C#Cc1ccc(Cl)cc1)C#Cc1ccc(Cl)cc1. The highest BCUT2D eigenvalue weighted by molar-refractivity contribution is 6.30. The summed E-state index contributed by atoms with van der Waals surface area (Å²) in [6.45, 7) is 0. The highest BCUT2D eigenvalue weighted by atomic mass is 35.5. The molecule has 0 aliphatic carbocycles. The molecule has 0 aliphatic heterocycles. The maximum atomic E-state index is 11.5. The summed E-state index contributed by atoms with van der Waals surface area (Å²) in [5.41, 5.74) is 1.44. The largest absolute Gasteiger partial charge is 0.279 e. The van der Waals surface area contributed by atoms with Gasteiger partial charge in [-0.05, 0) is 60.4 Å². The van der Waals surface area contributed by atoms with Crippen molar-refractivity contribution in [2.24, 2.45) is 0 Å². The number of hydrogen-bond acceptors (Lipinski definition) is 1. The molecular weight excluding hydrogens is 291 g/mol. The van der Waals surface area contributed by atoms with Crippen LogP contribution in [0.25, 0.3) is 0 Å². The maximum absolute atomic E-state index is 11.5. The highest BCUT2D eigenvalue weighted by Gasteiger charge is 1.91. The fourth-order valence-electron chi connectivity index (χ4n) is 1.36. The molecule has 0 aromatic heterocycles. The fourth-order valence-corrected chi connectivity index (χ4v) is 1.61. The number of carbonyl (C=O) groups is 1. The van der Waals surface area contributed by atoms with Crippen LogP contribution in [0.4, 0.5) is 0 Å². The molecule has 0 aliphatic rings. The number of hydrogen-bond donors (Lipinski definition) is 0. The first-order valence-corrected chi connectivity index (χ1v) is 6.48. The lowest BCUT2D eigenvalue weighted by Crippen LogP contribution is -1.87. The average Bonchev–Trinajstić information content (AvgIpc) is 2.46. The Hall–Kier alpha value is -2.19. The molecule has 0 radical (unpaired) electrons. The van der Waals surface area contributed by atoms with Crippen molar-refractivity contribution in [2.45, 2.75) is 0 Å². The van der Waals surface area contributed by atoms with E-state index in [0.717, 1.165) is 11.1 Å². The maximum Gasteiger partial charge on any atom is 0.279 e. The zero-order chi connectivity index (χ0) is 14.4. The van der Waals surface area contributed by atoms with E-state index in [-0.39, 0.29) is 0 Å². The van der Waals surface area contributed by atoms with Crippen molar-refractivity contribution in [1.29, 1.82) is 0 Å². The zero-order valence-corrected chi connectivity index (χ0v) is 11.8. The highest BCUT2D eigenvalue weighted by Crippen LogP contribution is 2.09. The molecule has 1 nitrogen and oxygen atoms in total. The number of halogens is 2. The third kappa shape index (κ3) is 4.48. The number of benzene rings is 2. The molecule has 2 rings (SSSR count). The van der Waals surface area contributed by atoms with E-state index in [0.29, 0.717) is 10.0 Å². The summed E-state index contributed by atoms with van der Waals surface area (Å²) >= 11 is 11.5. The molecule has 0 heterocycles. The third-order valence-corrected chi connectivity index (χ3v) is 2.83. The van der Waals surface area contributed by atoms with Gasteiger partial charge in [-0.2, -0.15) is 0 Å². The van der Waals surface area contributed by atoms with Crippen LogP contribution in [0.2, 0.25) is 10.0 Å². The minimum atomic E-state index is -0.435.